The highest BCUT2D eigenvalue weighted by Crippen LogP contribution is 2.23. The minimum Gasteiger partial charge on any atom is -0.497 e. The molecule has 132 valence electrons. The summed E-state index contributed by atoms with van der Waals surface area (Å²) >= 11 is 0. The first-order valence-electron chi connectivity index (χ1n) is 8.51. The molecule has 0 aliphatic carbocycles. The van der Waals surface area contributed by atoms with Gasteiger partial charge >= 0.3 is 0 Å². The van der Waals surface area contributed by atoms with Crippen molar-refractivity contribution in [1.82, 2.24) is 0 Å². The van der Waals surface area contributed by atoms with E-state index in [0.717, 1.165) is 24.2 Å². The fourth-order valence-electron chi connectivity index (χ4n) is 2.89. The van der Waals surface area contributed by atoms with Crippen LogP contribution in [0, 0.1) is 17.8 Å². The molecule has 0 unspecified atom stereocenters. The summed E-state index contributed by atoms with van der Waals surface area (Å²) in [5.41, 5.74) is 1.12. The van der Waals surface area contributed by atoms with Gasteiger partial charge in [0.2, 0.25) is 0 Å². The third kappa shape index (κ3) is 6.90. The van der Waals surface area contributed by atoms with Gasteiger partial charge in [0.15, 0.2) is 0 Å². The molecule has 4 nitrogen and oxygen atoms in total. The van der Waals surface area contributed by atoms with Crippen molar-refractivity contribution in [2.24, 2.45) is 17.8 Å². The molecule has 0 spiro atoms. The summed E-state index contributed by atoms with van der Waals surface area (Å²) in [6, 6.07) is 7.87. The van der Waals surface area contributed by atoms with Gasteiger partial charge in [0.25, 0.3) is 0 Å². The standard InChI is InChI=1S/C19H32O4/c1-5-17(11-20)19(21)15(3)10-14(2)12-23-13-16-6-8-18(22-4)9-7-16/h6-9,14-15,17,19-21H,5,10-13H2,1-4H3/t14-,15+,17+,19+/m1/s1. The van der Waals surface area contributed by atoms with Gasteiger partial charge in [-0.25, -0.2) is 0 Å². The summed E-state index contributed by atoms with van der Waals surface area (Å²) < 4.78 is 10.9. The second-order valence-corrected chi connectivity index (χ2v) is 6.52. The Labute approximate surface area is 140 Å². The van der Waals surface area contributed by atoms with Gasteiger partial charge in [-0.1, -0.05) is 32.9 Å². The number of ether oxygens (including phenoxy) is 2. The molecule has 0 radical (unpaired) electrons. The predicted octanol–water partition coefficient (Wildman–Crippen LogP) is 3.25. The zero-order valence-electron chi connectivity index (χ0n) is 14.9. The number of hydrogen-bond donors (Lipinski definition) is 2. The van der Waals surface area contributed by atoms with E-state index in [2.05, 4.69) is 6.92 Å². The number of benzene rings is 1. The molecule has 0 bridgehead atoms. The van der Waals surface area contributed by atoms with E-state index in [1.54, 1.807) is 7.11 Å². The maximum Gasteiger partial charge on any atom is 0.118 e. The Bertz CT molecular complexity index is 414. The summed E-state index contributed by atoms with van der Waals surface area (Å²) in [6.45, 7) is 7.47. The van der Waals surface area contributed by atoms with Crippen LogP contribution in [0.5, 0.6) is 5.75 Å². The molecule has 4 atom stereocenters. The second kappa shape index (κ2) is 10.6. The van der Waals surface area contributed by atoms with Crippen LogP contribution in [-0.4, -0.2) is 36.6 Å². The summed E-state index contributed by atoms with van der Waals surface area (Å²) in [7, 11) is 1.66. The van der Waals surface area contributed by atoms with E-state index in [-0.39, 0.29) is 18.4 Å². The van der Waals surface area contributed by atoms with E-state index in [1.165, 1.54) is 0 Å². The summed E-state index contributed by atoms with van der Waals surface area (Å²) in [5.74, 6) is 1.34. The fraction of sp³-hybridized carbons (Fsp3) is 0.684. The average Bonchev–Trinajstić information content (AvgIpc) is 2.56. The molecule has 1 aromatic carbocycles. The SMILES string of the molecule is CC[C@@H](CO)[C@@H](O)[C@@H](C)C[C@@H](C)COCc1ccc(OC)cc1. The Balaban J connectivity index is 2.31. The van der Waals surface area contributed by atoms with E-state index in [1.807, 2.05) is 38.1 Å². The molecule has 23 heavy (non-hydrogen) atoms. The highest BCUT2D eigenvalue weighted by Gasteiger charge is 2.24. The molecule has 0 aliphatic heterocycles. The first-order valence-corrected chi connectivity index (χ1v) is 8.51. The van der Waals surface area contributed by atoms with Gasteiger partial charge in [0, 0.05) is 19.1 Å². The highest BCUT2D eigenvalue weighted by atomic mass is 16.5. The maximum absolute atomic E-state index is 10.3. The van der Waals surface area contributed by atoms with Gasteiger partial charge in [0.05, 0.1) is 19.8 Å². The van der Waals surface area contributed by atoms with E-state index in [0.29, 0.717) is 19.1 Å². The first kappa shape index (κ1) is 19.9. The number of hydrogen-bond acceptors (Lipinski definition) is 4. The van der Waals surface area contributed by atoms with Crippen LogP contribution in [0.1, 0.15) is 39.2 Å². The molecule has 0 aromatic heterocycles. The molecular formula is C19H32O4. The number of rotatable bonds is 11. The molecule has 0 fully saturated rings. The van der Waals surface area contributed by atoms with Gasteiger partial charge in [-0.3, -0.25) is 0 Å². The topological polar surface area (TPSA) is 58.9 Å². The van der Waals surface area contributed by atoms with Crippen LogP contribution in [0.15, 0.2) is 24.3 Å². The van der Waals surface area contributed by atoms with Gasteiger partial charge in [0.1, 0.15) is 5.75 Å². The van der Waals surface area contributed by atoms with Crippen LogP contribution in [0.25, 0.3) is 0 Å². The van der Waals surface area contributed by atoms with Crippen LogP contribution >= 0.6 is 0 Å². The average molecular weight is 324 g/mol. The summed E-state index contributed by atoms with van der Waals surface area (Å²) in [6.07, 6.45) is 1.24. The number of aliphatic hydroxyl groups excluding tert-OH is 2. The monoisotopic (exact) mass is 324 g/mol. The van der Waals surface area contributed by atoms with Crippen molar-refractivity contribution in [1.29, 1.82) is 0 Å². The van der Waals surface area contributed by atoms with Crippen molar-refractivity contribution < 1.29 is 19.7 Å². The highest BCUT2D eigenvalue weighted by molar-refractivity contribution is 5.26. The van der Waals surface area contributed by atoms with Crippen LogP contribution in [0.2, 0.25) is 0 Å². The Morgan fingerprint density at radius 3 is 2.30 bits per heavy atom. The summed E-state index contributed by atoms with van der Waals surface area (Å²) in [4.78, 5) is 0. The minimum atomic E-state index is -0.450. The Morgan fingerprint density at radius 2 is 1.78 bits per heavy atom. The van der Waals surface area contributed by atoms with Gasteiger partial charge < -0.3 is 19.7 Å². The molecule has 0 aliphatic rings. The van der Waals surface area contributed by atoms with Crippen molar-refractivity contribution in [3.63, 3.8) is 0 Å². The zero-order chi connectivity index (χ0) is 17.2. The lowest BCUT2D eigenvalue weighted by Gasteiger charge is -2.27. The zero-order valence-corrected chi connectivity index (χ0v) is 14.9. The third-order valence-corrected chi connectivity index (χ3v) is 4.43. The molecule has 0 heterocycles. The van der Waals surface area contributed by atoms with Crippen LogP contribution in [0.3, 0.4) is 0 Å². The molecule has 2 N–H and O–H groups in total. The quantitative estimate of drug-likeness (QED) is 0.656. The van der Waals surface area contributed by atoms with E-state index in [9.17, 15) is 10.2 Å². The van der Waals surface area contributed by atoms with Crippen LogP contribution in [0.4, 0.5) is 0 Å². The van der Waals surface area contributed by atoms with Crippen molar-refractivity contribution in [2.45, 2.75) is 46.3 Å². The lowest BCUT2D eigenvalue weighted by molar-refractivity contribution is 0.0106. The largest absolute Gasteiger partial charge is 0.497 e. The number of methoxy groups -OCH3 is 1. The van der Waals surface area contributed by atoms with Crippen molar-refractivity contribution in [3.05, 3.63) is 29.8 Å². The minimum absolute atomic E-state index is 0.0302. The third-order valence-electron chi connectivity index (χ3n) is 4.43. The lowest BCUT2D eigenvalue weighted by atomic mass is 9.85. The molecule has 1 aromatic rings. The van der Waals surface area contributed by atoms with E-state index < -0.39 is 6.10 Å². The second-order valence-electron chi connectivity index (χ2n) is 6.52. The first-order chi connectivity index (χ1) is 11.0. The smallest absolute Gasteiger partial charge is 0.118 e. The molecule has 1 rings (SSSR count). The lowest BCUT2D eigenvalue weighted by Crippen LogP contribution is -2.31. The van der Waals surface area contributed by atoms with Gasteiger partial charge in [-0.05, 0) is 42.4 Å². The van der Waals surface area contributed by atoms with Crippen molar-refractivity contribution in [3.8, 4) is 5.75 Å². The normalized spacial score (nSPS) is 16.6. The van der Waals surface area contributed by atoms with Crippen LogP contribution in [-0.2, 0) is 11.3 Å². The fourth-order valence-corrected chi connectivity index (χ4v) is 2.89. The molecule has 0 saturated carbocycles. The Hall–Kier alpha value is -1.10. The maximum atomic E-state index is 10.3. The van der Waals surface area contributed by atoms with Crippen LogP contribution < -0.4 is 4.74 Å². The predicted molar refractivity (Wildman–Crippen MR) is 92.5 cm³/mol. The molecule has 4 heteroatoms. The van der Waals surface area contributed by atoms with E-state index >= 15 is 0 Å². The van der Waals surface area contributed by atoms with Gasteiger partial charge in [-0.15, -0.1) is 0 Å². The number of aliphatic hydroxyl groups is 2. The Kier molecular flexibility index (Phi) is 9.22. The summed E-state index contributed by atoms with van der Waals surface area (Å²) in [5, 5.41) is 19.6. The molecule has 0 saturated heterocycles. The molecular weight excluding hydrogens is 292 g/mol. The molecule has 0 amide bonds. The van der Waals surface area contributed by atoms with Crippen molar-refractivity contribution in [2.75, 3.05) is 20.3 Å². The Morgan fingerprint density at radius 1 is 1.13 bits per heavy atom. The van der Waals surface area contributed by atoms with Gasteiger partial charge in [-0.2, -0.15) is 0 Å². The van der Waals surface area contributed by atoms with Crippen molar-refractivity contribution >= 4 is 0 Å². The van der Waals surface area contributed by atoms with E-state index in [4.69, 9.17) is 9.47 Å².